The maximum atomic E-state index is 14.4. The smallest absolute Gasteiger partial charge is 0.412 e. The fourth-order valence-electron chi connectivity index (χ4n) is 3.91. The summed E-state index contributed by atoms with van der Waals surface area (Å²) >= 11 is 0. The molecule has 3 aromatic heterocycles. The number of fused-ring (bicyclic) bond motifs is 2. The van der Waals surface area contributed by atoms with Gasteiger partial charge < -0.3 is 9.64 Å². The Bertz CT molecular complexity index is 1400. The van der Waals surface area contributed by atoms with Crippen LogP contribution in [0.25, 0.3) is 16.9 Å². The molecule has 0 radical (unpaired) electrons. The van der Waals surface area contributed by atoms with Gasteiger partial charge in [0.15, 0.2) is 0 Å². The second kappa shape index (κ2) is 7.97. The van der Waals surface area contributed by atoms with Crippen LogP contribution >= 0.6 is 0 Å². The fraction of sp³-hybridized carbons (Fsp3) is 0.130. The van der Waals surface area contributed by atoms with Gasteiger partial charge in [0, 0.05) is 30.6 Å². The summed E-state index contributed by atoms with van der Waals surface area (Å²) in [7, 11) is 1.26. The Morgan fingerprint density at radius 2 is 1.94 bits per heavy atom. The van der Waals surface area contributed by atoms with Gasteiger partial charge >= 0.3 is 6.09 Å². The third kappa shape index (κ3) is 3.65. The van der Waals surface area contributed by atoms with Crippen molar-refractivity contribution in [1.82, 2.24) is 14.4 Å². The number of hydrogen-bond donors (Lipinski definition) is 1. The number of carbonyl (C=O) groups excluding carboxylic acids is 2. The van der Waals surface area contributed by atoms with E-state index in [-0.39, 0.29) is 12.2 Å². The summed E-state index contributed by atoms with van der Waals surface area (Å²) in [5.74, 6) is -1.49. The molecule has 1 aliphatic heterocycles. The second-order valence-corrected chi connectivity index (χ2v) is 7.44. The van der Waals surface area contributed by atoms with Gasteiger partial charge in [-0.2, -0.15) is 0 Å². The van der Waals surface area contributed by atoms with Crippen LogP contribution in [0.15, 0.2) is 55.0 Å². The van der Waals surface area contributed by atoms with Gasteiger partial charge in [-0.05, 0) is 42.3 Å². The lowest BCUT2D eigenvalue weighted by atomic mass is 10.1. The van der Waals surface area contributed by atoms with E-state index in [1.165, 1.54) is 18.1 Å². The first kappa shape index (κ1) is 20.6. The SMILES string of the molecule is COC(=O)Nc1ccc(-c2cnc3ccc(C(=O)N4CCc5cc(F)cc(F)c54)cn23)cn1. The Labute approximate surface area is 186 Å². The van der Waals surface area contributed by atoms with Gasteiger partial charge in [0.2, 0.25) is 0 Å². The minimum atomic E-state index is -0.757. The standard InChI is InChI=1S/C23H17F2N5O3/c1-33-23(32)28-19-4-2-14(10-26-19)18-11-27-20-5-3-15(12-30(18)20)22(31)29-7-6-13-8-16(24)9-17(25)21(13)29/h2-5,8-12H,6-7H2,1H3,(H,26,28,32). The summed E-state index contributed by atoms with van der Waals surface area (Å²) in [6.45, 7) is 0.266. The lowest BCUT2D eigenvalue weighted by Gasteiger charge is -2.18. The van der Waals surface area contributed by atoms with Crippen LogP contribution in [-0.2, 0) is 11.2 Å². The highest BCUT2D eigenvalue weighted by atomic mass is 19.1. The van der Waals surface area contributed by atoms with Crippen molar-refractivity contribution in [3.8, 4) is 11.3 Å². The van der Waals surface area contributed by atoms with Gasteiger partial charge in [0.05, 0.1) is 30.3 Å². The van der Waals surface area contributed by atoms with Crippen molar-refractivity contribution in [3.05, 3.63) is 77.8 Å². The quantitative estimate of drug-likeness (QED) is 0.510. The van der Waals surface area contributed by atoms with Crippen molar-refractivity contribution in [2.45, 2.75) is 6.42 Å². The highest BCUT2D eigenvalue weighted by Gasteiger charge is 2.29. The molecule has 0 fully saturated rings. The van der Waals surface area contributed by atoms with E-state index >= 15 is 0 Å². The first-order valence-corrected chi connectivity index (χ1v) is 10.0. The first-order valence-electron chi connectivity index (χ1n) is 10.0. The summed E-state index contributed by atoms with van der Waals surface area (Å²) in [6.07, 6.45) is 4.58. The number of pyridine rings is 2. The molecule has 8 nitrogen and oxygen atoms in total. The number of amides is 2. The molecule has 0 unspecified atom stereocenters. The average molecular weight is 449 g/mol. The number of ether oxygens (including phenoxy) is 1. The molecule has 0 spiro atoms. The number of anilines is 2. The number of imidazole rings is 1. The molecule has 0 saturated heterocycles. The molecule has 4 aromatic rings. The molecule has 0 aliphatic carbocycles. The summed E-state index contributed by atoms with van der Waals surface area (Å²) in [6, 6.07) is 8.72. The van der Waals surface area contributed by atoms with Gasteiger partial charge in [-0.15, -0.1) is 0 Å². The third-order valence-electron chi connectivity index (χ3n) is 5.45. The van der Waals surface area contributed by atoms with Crippen molar-refractivity contribution in [2.75, 3.05) is 23.9 Å². The highest BCUT2D eigenvalue weighted by Crippen LogP contribution is 2.33. The molecule has 1 aromatic carbocycles. The lowest BCUT2D eigenvalue weighted by molar-refractivity contribution is 0.0988. The number of methoxy groups -OCH3 is 1. The van der Waals surface area contributed by atoms with Crippen molar-refractivity contribution in [1.29, 1.82) is 0 Å². The van der Waals surface area contributed by atoms with E-state index in [0.29, 0.717) is 40.3 Å². The van der Waals surface area contributed by atoms with Crippen molar-refractivity contribution >= 4 is 29.2 Å². The molecule has 1 aliphatic rings. The zero-order valence-electron chi connectivity index (χ0n) is 17.4. The highest BCUT2D eigenvalue weighted by molar-refractivity contribution is 6.07. The third-order valence-corrected chi connectivity index (χ3v) is 5.45. The molecular weight excluding hydrogens is 432 g/mol. The Kier molecular flexibility index (Phi) is 4.97. The second-order valence-electron chi connectivity index (χ2n) is 7.44. The predicted octanol–water partition coefficient (Wildman–Crippen LogP) is 4.06. The number of nitrogens with one attached hydrogen (secondary N) is 1. The fourth-order valence-corrected chi connectivity index (χ4v) is 3.91. The van der Waals surface area contributed by atoms with E-state index in [1.54, 1.807) is 47.3 Å². The predicted molar refractivity (Wildman–Crippen MR) is 116 cm³/mol. The molecule has 0 saturated carbocycles. The summed E-state index contributed by atoms with van der Waals surface area (Å²) in [5, 5.41) is 2.47. The molecule has 1 N–H and O–H groups in total. The molecule has 4 heterocycles. The van der Waals surface area contributed by atoms with Gasteiger partial charge in [-0.25, -0.2) is 23.5 Å². The van der Waals surface area contributed by atoms with Gasteiger partial charge in [-0.3, -0.25) is 14.5 Å². The summed E-state index contributed by atoms with van der Waals surface area (Å²) < 4.78 is 34.2. The van der Waals surface area contributed by atoms with E-state index in [4.69, 9.17) is 0 Å². The zero-order chi connectivity index (χ0) is 23.1. The van der Waals surface area contributed by atoms with E-state index in [2.05, 4.69) is 20.0 Å². The van der Waals surface area contributed by atoms with Gasteiger partial charge in [0.25, 0.3) is 5.91 Å². The van der Waals surface area contributed by atoms with Gasteiger partial charge in [-0.1, -0.05) is 0 Å². The van der Waals surface area contributed by atoms with E-state index in [0.717, 1.165) is 6.07 Å². The average Bonchev–Trinajstić information content (AvgIpc) is 3.43. The van der Waals surface area contributed by atoms with Crippen LogP contribution in [-0.4, -0.2) is 40.0 Å². The van der Waals surface area contributed by atoms with Crippen LogP contribution < -0.4 is 10.2 Å². The van der Waals surface area contributed by atoms with Crippen LogP contribution in [0.4, 0.5) is 25.1 Å². The number of aromatic nitrogens is 3. The minimum absolute atomic E-state index is 0.116. The van der Waals surface area contributed by atoms with E-state index in [9.17, 15) is 18.4 Å². The summed E-state index contributed by atoms with van der Waals surface area (Å²) in [5.41, 5.74) is 2.90. The molecule has 33 heavy (non-hydrogen) atoms. The molecule has 0 atom stereocenters. The zero-order valence-corrected chi connectivity index (χ0v) is 17.4. The van der Waals surface area contributed by atoms with Crippen LogP contribution in [0.1, 0.15) is 15.9 Å². The molecular formula is C23H17F2N5O3. The Balaban J connectivity index is 1.47. The van der Waals surface area contributed by atoms with Crippen LogP contribution in [0.2, 0.25) is 0 Å². The van der Waals surface area contributed by atoms with Crippen molar-refractivity contribution in [3.63, 3.8) is 0 Å². The lowest BCUT2D eigenvalue weighted by Crippen LogP contribution is -2.29. The topological polar surface area (TPSA) is 88.8 Å². The van der Waals surface area contributed by atoms with Gasteiger partial charge in [0.1, 0.15) is 23.1 Å². The van der Waals surface area contributed by atoms with Crippen LogP contribution in [0.3, 0.4) is 0 Å². The molecule has 10 heteroatoms. The Morgan fingerprint density at radius 1 is 1.09 bits per heavy atom. The normalized spacial score (nSPS) is 12.6. The molecule has 5 rings (SSSR count). The largest absolute Gasteiger partial charge is 0.453 e. The summed E-state index contributed by atoms with van der Waals surface area (Å²) in [4.78, 5) is 34.4. The maximum Gasteiger partial charge on any atom is 0.412 e. The van der Waals surface area contributed by atoms with Crippen molar-refractivity contribution < 1.29 is 23.1 Å². The Morgan fingerprint density at radius 3 is 2.70 bits per heavy atom. The molecule has 166 valence electrons. The maximum absolute atomic E-state index is 14.4. The molecule has 0 bridgehead atoms. The number of hydrogen-bond acceptors (Lipinski definition) is 5. The van der Waals surface area contributed by atoms with E-state index < -0.39 is 23.6 Å². The van der Waals surface area contributed by atoms with Crippen LogP contribution in [0.5, 0.6) is 0 Å². The Hall–Kier alpha value is -4.34. The number of nitrogens with zero attached hydrogens (tertiary/aromatic N) is 4. The number of halogens is 2. The molecule has 2 amide bonds. The van der Waals surface area contributed by atoms with Crippen molar-refractivity contribution in [2.24, 2.45) is 0 Å². The number of benzene rings is 1. The number of rotatable bonds is 3. The first-order chi connectivity index (χ1) is 15.9. The van der Waals surface area contributed by atoms with E-state index in [1.807, 2.05) is 0 Å². The minimum Gasteiger partial charge on any atom is -0.453 e. The number of carbonyl (C=O) groups is 2. The monoisotopic (exact) mass is 449 g/mol. The van der Waals surface area contributed by atoms with Crippen LogP contribution in [0, 0.1) is 11.6 Å².